The van der Waals surface area contributed by atoms with Crippen molar-refractivity contribution in [1.29, 1.82) is 0 Å². The van der Waals surface area contributed by atoms with Crippen molar-refractivity contribution in [2.45, 2.75) is 25.4 Å². The Morgan fingerprint density at radius 1 is 1.12 bits per heavy atom. The Morgan fingerprint density at radius 2 is 1.84 bits per heavy atom. The van der Waals surface area contributed by atoms with Crippen molar-refractivity contribution in [2.75, 3.05) is 6.61 Å². The molecular weight excluding hydrogens is 350 g/mol. The van der Waals surface area contributed by atoms with Crippen LogP contribution in [0.25, 0.3) is 0 Å². The third kappa shape index (κ3) is 7.49. The average Bonchev–Trinajstić information content (AvgIpc) is 2.59. The first-order valence-corrected chi connectivity index (χ1v) is 7.61. The van der Waals surface area contributed by atoms with Gasteiger partial charge in [-0.05, 0) is 23.3 Å². The summed E-state index contributed by atoms with van der Waals surface area (Å²) in [4.78, 5) is 12.0. The molecule has 0 radical (unpaired) electrons. The maximum absolute atomic E-state index is 12.1. The molecule has 0 bridgehead atoms. The number of ether oxygens (including phenoxy) is 1. The van der Waals surface area contributed by atoms with E-state index < -0.39 is 13.0 Å². The molecule has 0 saturated carbocycles. The van der Waals surface area contributed by atoms with Gasteiger partial charge >= 0.3 is 0 Å². The highest BCUT2D eigenvalue weighted by atomic mass is 35.5. The number of nitrogens with two attached hydrogens (primary N) is 1. The Kier molecular flexibility index (Phi) is 8.88. The van der Waals surface area contributed by atoms with Crippen LogP contribution < -0.4 is 15.8 Å². The second-order valence-electron chi connectivity index (χ2n) is 5.35. The van der Waals surface area contributed by atoms with E-state index >= 15 is 0 Å². The molecule has 0 aliphatic heterocycles. The number of halogens is 3. The van der Waals surface area contributed by atoms with E-state index in [4.69, 9.17) is 10.5 Å². The summed E-state index contributed by atoms with van der Waals surface area (Å²) in [7, 11) is 0. The molecule has 2 aromatic rings. The standard InChI is InChI=1S/C18H20F2N2O2.ClH/c19-17(20)12-24-15-8-4-5-13(9-15)11-22-18(23)10-16(21)14-6-2-1-3-7-14;/h1-9,16-17H,10-12,21H2,(H,22,23);1H. The summed E-state index contributed by atoms with van der Waals surface area (Å²) in [6.45, 7) is -0.367. The maximum atomic E-state index is 12.1. The minimum atomic E-state index is -2.52. The largest absolute Gasteiger partial charge is 0.488 e. The van der Waals surface area contributed by atoms with Crippen LogP contribution in [0.2, 0.25) is 0 Å². The SMILES string of the molecule is Cl.NC(CC(=O)NCc1cccc(OCC(F)F)c1)c1ccccc1. The van der Waals surface area contributed by atoms with Gasteiger partial charge in [-0.1, -0.05) is 42.5 Å². The van der Waals surface area contributed by atoms with E-state index in [0.717, 1.165) is 11.1 Å². The van der Waals surface area contributed by atoms with Crippen LogP contribution in [0, 0.1) is 0 Å². The predicted molar refractivity (Wildman–Crippen MR) is 95.0 cm³/mol. The van der Waals surface area contributed by atoms with Crippen molar-refractivity contribution >= 4 is 18.3 Å². The molecule has 0 heterocycles. The second kappa shape index (κ2) is 10.6. The first kappa shape index (κ1) is 20.9. The molecule has 0 spiro atoms. The summed E-state index contributed by atoms with van der Waals surface area (Å²) in [5.74, 6) is 0.174. The van der Waals surface area contributed by atoms with Crippen LogP contribution in [0.4, 0.5) is 8.78 Å². The Balaban J connectivity index is 0.00000312. The fraction of sp³-hybridized carbons (Fsp3) is 0.278. The molecule has 136 valence electrons. The van der Waals surface area contributed by atoms with Gasteiger partial charge in [-0.2, -0.15) is 0 Å². The van der Waals surface area contributed by atoms with E-state index in [0.29, 0.717) is 5.75 Å². The lowest BCUT2D eigenvalue weighted by Crippen LogP contribution is -2.27. The molecule has 1 unspecified atom stereocenters. The molecule has 0 aliphatic rings. The van der Waals surface area contributed by atoms with Crippen LogP contribution in [0.5, 0.6) is 5.75 Å². The number of hydrogen-bond acceptors (Lipinski definition) is 3. The van der Waals surface area contributed by atoms with Crippen LogP contribution in [0.1, 0.15) is 23.6 Å². The molecule has 0 aromatic heterocycles. The lowest BCUT2D eigenvalue weighted by atomic mass is 10.0. The zero-order valence-electron chi connectivity index (χ0n) is 13.5. The molecule has 2 rings (SSSR count). The molecule has 1 amide bonds. The third-order valence-electron chi connectivity index (χ3n) is 3.40. The highest BCUT2D eigenvalue weighted by Crippen LogP contribution is 2.15. The molecule has 1 atom stereocenters. The topological polar surface area (TPSA) is 64.4 Å². The minimum Gasteiger partial charge on any atom is -0.488 e. The highest BCUT2D eigenvalue weighted by Gasteiger charge is 2.11. The number of carbonyl (C=O) groups is 1. The lowest BCUT2D eigenvalue weighted by molar-refractivity contribution is -0.121. The van der Waals surface area contributed by atoms with Crippen LogP contribution >= 0.6 is 12.4 Å². The smallest absolute Gasteiger partial charge is 0.272 e. The summed E-state index contributed by atoms with van der Waals surface area (Å²) >= 11 is 0. The van der Waals surface area contributed by atoms with Gasteiger partial charge in [0.1, 0.15) is 12.4 Å². The first-order valence-electron chi connectivity index (χ1n) is 7.61. The lowest BCUT2D eigenvalue weighted by Gasteiger charge is -2.12. The van der Waals surface area contributed by atoms with Crippen LogP contribution in [-0.2, 0) is 11.3 Å². The molecule has 3 N–H and O–H groups in total. The molecule has 7 heteroatoms. The van der Waals surface area contributed by atoms with Gasteiger partial charge in [-0.15, -0.1) is 12.4 Å². The Hall–Kier alpha value is -2.18. The summed E-state index contributed by atoms with van der Waals surface area (Å²) in [6, 6.07) is 15.7. The van der Waals surface area contributed by atoms with E-state index in [1.54, 1.807) is 24.3 Å². The van der Waals surface area contributed by atoms with E-state index in [1.165, 1.54) is 0 Å². The number of hydrogen-bond donors (Lipinski definition) is 2. The monoisotopic (exact) mass is 370 g/mol. The fourth-order valence-electron chi connectivity index (χ4n) is 2.20. The summed E-state index contributed by atoms with van der Waals surface area (Å²) in [5, 5.41) is 2.77. The highest BCUT2D eigenvalue weighted by molar-refractivity contribution is 5.85. The molecule has 25 heavy (non-hydrogen) atoms. The molecular formula is C18H21ClF2N2O2. The molecule has 0 saturated heterocycles. The van der Waals surface area contributed by atoms with E-state index in [-0.39, 0.29) is 37.3 Å². The summed E-state index contributed by atoms with van der Waals surface area (Å²) < 4.78 is 29.2. The zero-order chi connectivity index (χ0) is 17.4. The number of alkyl halides is 2. The fourth-order valence-corrected chi connectivity index (χ4v) is 2.20. The van der Waals surface area contributed by atoms with Crippen molar-refractivity contribution < 1.29 is 18.3 Å². The van der Waals surface area contributed by atoms with E-state index in [9.17, 15) is 13.6 Å². The molecule has 0 fully saturated rings. The molecule has 0 aliphatic carbocycles. The van der Waals surface area contributed by atoms with Gasteiger partial charge in [0.05, 0.1) is 0 Å². The summed E-state index contributed by atoms with van der Waals surface area (Å²) in [5.41, 5.74) is 7.67. The van der Waals surface area contributed by atoms with Crippen molar-refractivity contribution in [3.63, 3.8) is 0 Å². The van der Waals surface area contributed by atoms with Gasteiger partial charge in [0, 0.05) is 19.0 Å². The Morgan fingerprint density at radius 3 is 2.52 bits per heavy atom. The quantitative estimate of drug-likeness (QED) is 0.748. The maximum Gasteiger partial charge on any atom is 0.272 e. The Labute approximate surface area is 151 Å². The van der Waals surface area contributed by atoms with Gasteiger partial charge in [0.2, 0.25) is 5.91 Å². The van der Waals surface area contributed by atoms with Crippen LogP contribution in [-0.4, -0.2) is 18.9 Å². The molecule has 2 aromatic carbocycles. The average molecular weight is 371 g/mol. The predicted octanol–water partition coefficient (Wildman–Crippen LogP) is 3.46. The normalized spacial score (nSPS) is 11.5. The minimum absolute atomic E-state index is 0. The molecule has 4 nitrogen and oxygen atoms in total. The Bertz CT molecular complexity index is 657. The zero-order valence-corrected chi connectivity index (χ0v) is 14.3. The number of nitrogens with one attached hydrogen (secondary N) is 1. The number of amides is 1. The number of rotatable bonds is 8. The van der Waals surface area contributed by atoms with Crippen molar-refractivity contribution in [3.05, 3.63) is 65.7 Å². The first-order chi connectivity index (χ1) is 11.5. The van der Waals surface area contributed by atoms with Crippen LogP contribution in [0.3, 0.4) is 0 Å². The van der Waals surface area contributed by atoms with Crippen molar-refractivity contribution in [3.8, 4) is 5.75 Å². The van der Waals surface area contributed by atoms with Gasteiger partial charge in [-0.3, -0.25) is 4.79 Å². The number of carbonyl (C=O) groups excluding carboxylic acids is 1. The van der Waals surface area contributed by atoms with Crippen LogP contribution in [0.15, 0.2) is 54.6 Å². The van der Waals surface area contributed by atoms with E-state index in [1.807, 2.05) is 30.3 Å². The second-order valence-corrected chi connectivity index (χ2v) is 5.35. The van der Waals surface area contributed by atoms with Crippen molar-refractivity contribution in [1.82, 2.24) is 5.32 Å². The van der Waals surface area contributed by atoms with Gasteiger partial charge < -0.3 is 15.8 Å². The van der Waals surface area contributed by atoms with E-state index in [2.05, 4.69) is 5.32 Å². The number of benzene rings is 2. The van der Waals surface area contributed by atoms with Gasteiger partial charge in [0.15, 0.2) is 0 Å². The van der Waals surface area contributed by atoms with Crippen molar-refractivity contribution in [2.24, 2.45) is 5.73 Å². The van der Waals surface area contributed by atoms with Gasteiger partial charge in [-0.25, -0.2) is 8.78 Å². The van der Waals surface area contributed by atoms with Gasteiger partial charge in [0.25, 0.3) is 6.43 Å². The summed E-state index contributed by atoms with van der Waals surface area (Å²) in [6.07, 6.45) is -2.35. The third-order valence-corrected chi connectivity index (χ3v) is 3.40.